The molecule has 0 saturated heterocycles. The van der Waals surface area contributed by atoms with Gasteiger partial charge >= 0.3 is 0 Å². The van der Waals surface area contributed by atoms with E-state index < -0.39 is 11.7 Å². The first-order valence-electron chi connectivity index (χ1n) is 11.5. The van der Waals surface area contributed by atoms with Crippen molar-refractivity contribution >= 4 is 17.7 Å². The van der Waals surface area contributed by atoms with Crippen molar-refractivity contribution in [3.63, 3.8) is 0 Å². The molecule has 1 amide bonds. The maximum atomic E-state index is 12.9. The van der Waals surface area contributed by atoms with Crippen LogP contribution in [0.1, 0.15) is 62.0 Å². The molecule has 1 aromatic heterocycles. The van der Waals surface area contributed by atoms with Gasteiger partial charge in [0.25, 0.3) is 11.7 Å². The first kappa shape index (κ1) is 22.9. The maximum absolute atomic E-state index is 12.9. The number of hydrogen-bond acceptors (Lipinski definition) is 5. The van der Waals surface area contributed by atoms with Crippen molar-refractivity contribution in [1.82, 2.24) is 4.57 Å². The van der Waals surface area contributed by atoms with Gasteiger partial charge in [0.05, 0.1) is 12.6 Å². The highest BCUT2D eigenvalue weighted by Gasteiger charge is 2.42. The van der Waals surface area contributed by atoms with Crippen molar-refractivity contribution in [3.8, 4) is 17.6 Å². The number of benzene rings is 1. The Bertz CT molecular complexity index is 1120. The third-order valence-corrected chi connectivity index (χ3v) is 6.45. The smallest absolute Gasteiger partial charge is 0.266 e. The fourth-order valence-electron chi connectivity index (χ4n) is 4.91. The molecule has 1 aromatic carbocycles. The van der Waals surface area contributed by atoms with Gasteiger partial charge in [-0.25, -0.2) is 0 Å². The van der Waals surface area contributed by atoms with Gasteiger partial charge in [-0.1, -0.05) is 6.42 Å². The summed E-state index contributed by atoms with van der Waals surface area (Å²) in [5.74, 6) is 0.304. The number of carbonyl (C=O) groups excluding carboxylic acids is 1. The lowest BCUT2D eigenvalue weighted by atomic mass is 9.94. The van der Waals surface area contributed by atoms with Crippen LogP contribution in [0.5, 0.6) is 11.5 Å². The number of carbonyl (C=O) groups is 1. The topological polar surface area (TPSA) is 85.5 Å². The Kier molecular flexibility index (Phi) is 6.48. The van der Waals surface area contributed by atoms with Crippen LogP contribution in [-0.2, 0) is 9.53 Å². The number of amides is 1. The summed E-state index contributed by atoms with van der Waals surface area (Å²) in [5, 5.41) is 12.5. The summed E-state index contributed by atoms with van der Waals surface area (Å²) in [7, 11) is 1.68. The van der Waals surface area contributed by atoms with E-state index in [0.29, 0.717) is 23.8 Å². The number of aryl methyl sites for hydroxylation is 1. The average Bonchev–Trinajstić information content (AvgIpc) is 3.27. The second-order valence-electron chi connectivity index (χ2n) is 8.96. The fourth-order valence-corrected chi connectivity index (χ4v) is 4.91. The Morgan fingerprint density at radius 3 is 2.67 bits per heavy atom. The number of fused-ring (bicyclic) bond motifs is 1. The molecule has 1 fully saturated rings. The van der Waals surface area contributed by atoms with Crippen molar-refractivity contribution in [2.45, 2.75) is 64.7 Å². The van der Waals surface area contributed by atoms with Crippen molar-refractivity contribution < 1.29 is 19.0 Å². The van der Waals surface area contributed by atoms with E-state index in [1.807, 2.05) is 32.0 Å². The van der Waals surface area contributed by atoms with Crippen molar-refractivity contribution in [1.29, 1.82) is 5.26 Å². The Hall–Kier alpha value is -3.24. The molecule has 2 heterocycles. The van der Waals surface area contributed by atoms with E-state index in [9.17, 15) is 10.1 Å². The van der Waals surface area contributed by atoms with E-state index in [4.69, 9.17) is 14.2 Å². The Labute approximate surface area is 194 Å². The molecule has 1 N–H and O–H groups in total. The Morgan fingerprint density at radius 1 is 1.24 bits per heavy atom. The lowest BCUT2D eigenvalue weighted by Crippen LogP contribution is -2.40. The standard InChI is InChI=1S/C26H31N3O4/c1-17-12-20(19(3)29(17)18(2)16-31-4)13-21(15-27)25(30)28-22-8-9-23-24(14-22)33-26(32-23)10-6-5-7-11-26/h8-9,12-14,18H,5-7,10-11,16H2,1-4H3,(H,28,30)/b21-13-. The molecule has 33 heavy (non-hydrogen) atoms. The van der Waals surface area contributed by atoms with E-state index in [1.54, 1.807) is 25.3 Å². The summed E-state index contributed by atoms with van der Waals surface area (Å²) >= 11 is 0. The van der Waals surface area contributed by atoms with E-state index in [2.05, 4.69) is 16.8 Å². The second-order valence-corrected chi connectivity index (χ2v) is 8.96. The lowest BCUT2D eigenvalue weighted by Gasteiger charge is -2.31. The third-order valence-electron chi connectivity index (χ3n) is 6.45. The predicted octanol–water partition coefficient (Wildman–Crippen LogP) is 5.29. The molecule has 4 rings (SSSR count). The summed E-state index contributed by atoms with van der Waals surface area (Å²) < 4.78 is 19.7. The second kappa shape index (κ2) is 9.32. The van der Waals surface area contributed by atoms with Crippen molar-refractivity contribution in [2.24, 2.45) is 0 Å². The van der Waals surface area contributed by atoms with Crippen LogP contribution in [0.15, 0.2) is 29.8 Å². The third kappa shape index (κ3) is 4.62. The van der Waals surface area contributed by atoms with Gasteiger partial charge in [0.2, 0.25) is 0 Å². The molecule has 2 aromatic rings. The van der Waals surface area contributed by atoms with Crippen LogP contribution in [0.4, 0.5) is 5.69 Å². The quantitative estimate of drug-likeness (QED) is 0.478. The zero-order chi connectivity index (χ0) is 23.6. The molecule has 7 heteroatoms. The summed E-state index contributed by atoms with van der Waals surface area (Å²) in [6.45, 7) is 6.65. The minimum atomic E-state index is -0.566. The maximum Gasteiger partial charge on any atom is 0.266 e. The molecule has 1 spiro atoms. The van der Waals surface area contributed by atoms with Crippen LogP contribution in [-0.4, -0.2) is 30.0 Å². The minimum absolute atomic E-state index is 0.0380. The molecular formula is C26H31N3O4. The van der Waals surface area contributed by atoms with E-state index in [-0.39, 0.29) is 11.6 Å². The van der Waals surface area contributed by atoms with Crippen LogP contribution in [0, 0.1) is 25.2 Å². The molecule has 0 bridgehead atoms. The summed E-state index contributed by atoms with van der Waals surface area (Å²) in [6, 6.07) is 9.53. The Balaban J connectivity index is 1.51. The number of ether oxygens (including phenoxy) is 3. The van der Waals surface area contributed by atoms with Gasteiger partial charge < -0.3 is 24.1 Å². The molecule has 7 nitrogen and oxygen atoms in total. The highest BCUT2D eigenvalue weighted by Crippen LogP contribution is 2.46. The first-order valence-corrected chi connectivity index (χ1v) is 11.5. The number of rotatable bonds is 6. The number of anilines is 1. The number of nitriles is 1. The molecule has 174 valence electrons. The normalized spacial score (nSPS) is 17.6. The van der Waals surface area contributed by atoms with Gasteiger partial charge in [-0.2, -0.15) is 5.26 Å². The molecule has 1 saturated carbocycles. The van der Waals surface area contributed by atoms with Gasteiger partial charge in [-0.05, 0) is 63.5 Å². The van der Waals surface area contributed by atoms with Crippen LogP contribution in [0.25, 0.3) is 6.08 Å². The number of nitrogens with zero attached hydrogens (tertiary/aromatic N) is 2. The molecule has 1 unspecified atom stereocenters. The van der Waals surface area contributed by atoms with Gasteiger partial charge in [0.15, 0.2) is 11.5 Å². The van der Waals surface area contributed by atoms with Crippen LogP contribution in [0.3, 0.4) is 0 Å². The molecule has 1 aliphatic carbocycles. The number of methoxy groups -OCH3 is 1. The molecule has 0 radical (unpaired) electrons. The SMILES string of the molecule is COCC(C)n1c(C)cc(/C=C(/C#N)C(=O)Nc2ccc3c(c2)OC2(CCCCC2)O3)c1C. The monoisotopic (exact) mass is 449 g/mol. The average molecular weight is 450 g/mol. The number of hydrogen-bond donors (Lipinski definition) is 1. The van der Waals surface area contributed by atoms with Crippen LogP contribution in [0.2, 0.25) is 0 Å². The lowest BCUT2D eigenvalue weighted by molar-refractivity contribution is -0.112. The Morgan fingerprint density at radius 2 is 1.97 bits per heavy atom. The van der Waals surface area contributed by atoms with Gasteiger partial charge in [0, 0.05) is 43.1 Å². The van der Waals surface area contributed by atoms with E-state index >= 15 is 0 Å². The summed E-state index contributed by atoms with van der Waals surface area (Å²) in [4.78, 5) is 12.9. The minimum Gasteiger partial charge on any atom is -0.448 e. The molecule has 2 aliphatic rings. The van der Waals surface area contributed by atoms with E-state index in [0.717, 1.165) is 42.6 Å². The zero-order valence-electron chi connectivity index (χ0n) is 19.7. The first-order chi connectivity index (χ1) is 15.9. The summed E-state index contributed by atoms with van der Waals surface area (Å²) in [6.07, 6.45) is 6.73. The zero-order valence-corrected chi connectivity index (χ0v) is 19.7. The highest BCUT2D eigenvalue weighted by atomic mass is 16.7. The van der Waals surface area contributed by atoms with Crippen LogP contribution >= 0.6 is 0 Å². The van der Waals surface area contributed by atoms with E-state index in [1.165, 1.54) is 6.42 Å². The summed E-state index contributed by atoms with van der Waals surface area (Å²) in [5.41, 5.74) is 3.48. The molecule has 1 atom stereocenters. The molecule has 1 aliphatic heterocycles. The number of nitrogens with one attached hydrogen (secondary N) is 1. The van der Waals surface area contributed by atoms with Crippen LogP contribution < -0.4 is 14.8 Å². The largest absolute Gasteiger partial charge is 0.448 e. The van der Waals surface area contributed by atoms with Crippen molar-refractivity contribution in [3.05, 3.63) is 46.8 Å². The van der Waals surface area contributed by atoms with Gasteiger partial charge in [-0.3, -0.25) is 4.79 Å². The van der Waals surface area contributed by atoms with Gasteiger partial charge in [-0.15, -0.1) is 0 Å². The molecular weight excluding hydrogens is 418 g/mol. The fraction of sp³-hybridized carbons (Fsp3) is 0.462. The predicted molar refractivity (Wildman–Crippen MR) is 126 cm³/mol. The highest BCUT2D eigenvalue weighted by molar-refractivity contribution is 6.09. The van der Waals surface area contributed by atoms with Gasteiger partial charge in [0.1, 0.15) is 11.6 Å². The number of aromatic nitrogens is 1. The van der Waals surface area contributed by atoms with Crippen molar-refractivity contribution in [2.75, 3.05) is 19.0 Å².